The summed E-state index contributed by atoms with van der Waals surface area (Å²) in [7, 11) is 0. The Morgan fingerprint density at radius 2 is 2.12 bits per heavy atom. The Morgan fingerprint density at radius 1 is 1.29 bits per heavy atom. The van der Waals surface area contributed by atoms with E-state index in [9.17, 15) is 0 Å². The Bertz CT molecular complexity index is 396. The van der Waals surface area contributed by atoms with Gasteiger partial charge in [0.25, 0.3) is 0 Å². The van der Waals surface area contributed by atoms with Gasteiger partial charge in [0.1, 0.15) is 0 Å². The maximum atomic E-state index is 3.54. The maximum Gasteiger partial charge on any atom is 0.0378 e. The fourth-order valence-electron chi connectivity index (χ4n) is 2.81. The molecule has 2 N–H and O–H groups in total. The lowest BCUT2D eigenvalue weighted by Gasteiger charge is -2.27. The third kappa shape index (κ3) is 2.45. The summed E-state index contributed by atoms with van der Waals surface area (Å²) in [5.41, 5.74) is 4.26. The van der Waals surface area contributed by atoms with Gasteiger partial charge in [0.05, 0.1) is 0 Å². The van der Waals surface area contributed by atoms with E-state index in [0.717, 1.165) is 19.6 Å². The van der Waals surface area contributed by atoms with E-state index in [1.54, 1.807) is 0 Å². The van der Waals surface area contributed by atoms with Crippen LogP contribution in [0.4, 0.5) is 5.69 Å². The Morgan fingerprint density at radius 3 is 2.94 bits per heavy atom. The van der Waals surface area contributed by atoms with Crippen molar-refractivity contribution in [3.8, 4) is 0 Å². The van der Waals surface area contributed by atoms with E-state index >= 15 is 0 Å². The second-order valence-electron chi connectivity index (χ2n) is 5.27. The summed E-state index contributed by atoms with van der Waals surface area (Å²) in [6.07, 6.45) is 1.17. The molecule has 2 heterocycles. The van der Waals surface area contributed by atoms with E-state index in [1.807, 2.05) is 0 Å². The molecule has 0 saturated carbocycles. The second kappa shape index (κ2) is 4.67. The first-order valence-electron chi connectivity index (χ1n) is 6.63. The second-order valence-corrected chi connectivity index (χ2v) is 5.27. The van der Waals surface area contributed by atoms with Gasteiger partial charge in [-0.2, -0.15) is 0 Å². The van der Waals surface area contributed by atoms with Gasteiger partial charge in [-0.3, -0.25) is 4.90 Å². The molecule has 17 heavy (non-hydrogen) atoms. The number of fused-ring (bicyclic) bond motifs is 1. The topological polar surface area (TPSA) is 27.3 Å². The Labute approximate surface area is 103 Å². The van der Waals surface area contributed by atoms with Crippen LogP contribution < -0.4 is 10.6 Å². The summed E-state index contributed by atoms with van der Waals surface area (Å²) in [5, 5.41) is 6.94. The summed E-state index contributed by atoms with van der Waals surface area (Å²) < 4.78 is 0. The molecule has 1 fully saturated rings. The number of anilines is 1. The first-order valence-corrected chi connectivity index (χ1v) is 6.63. The fraction of sp³-hybridized carbons (Fsp3) is 0.571. The number of benzene rings is 1. The van der Waals surface area contributed by atoms with Crippen LogP contribution in [0.15, 0.2) is 18.2 Å². The molecule has 0 spiro atoms. The smallest absolute Gasteiger partial charge is 0.0378 e. The standard InChI is InChI=1S/C14H21N3/c1-11-8-13-3-2-12(9-14(13)16-11)10-17-6-4-15-5-7-17/h2-3,9,11,15-16H,4-8,10H2,1H3. The molecule has 2 aliphatic rings. The normalized spacial score (nSPS) is 24.4. The van der Waals surface area contributed by atoms with Gasteiger partial charge < -0.3 is 10.6 Å². The molecule has 3 rings (SSSR count). The van der Waals surface area contributed by atoms with Gasteiger partial charge in [-0.15, -0.1) is 0 Å². The maximum absolute atomic E-state index is 3.54. The zero-order valence-corrected chi connectivity index (χ0v) is 10.5. The van der Waals surface area contributed by atoms with Gasteiger partial charge in [0.2, 0.25) is 0 Å². The van der Waals surface area contributed by atoms with Crippen molar-refractivity contribution in [3.05, 3.63) is 29.3 Å². The largest absolute Gasteiger partial charge is 0.382 e. The van der Waals surface area contributed by atoms with Crippen molar-refractivity contribution in [2.24, 2.45) is 0 Å². The summed E-state index contributed by atoms with van der Waals surface area (Å²) in [5.74, 6) is 0. The number of nitrogens with zero attached hydrogens (tertiary/aromatic N) is 1. The average Bonchev–Trinajstić information content (AvgIpc) is 2.70. The number of rotatable bonds is 2. The van der Waals surface area contributed by atoms with Crippen LogP contribution in [-0.2, 0) is 13.0 Å². The SMILES string of the molecule is CC1Cc2ccc(CN3CCNCC3)cc2N1. The van der Waals surface area contributed by atoms with Crippen molar-refractivity contribution in [3.63, 3.8) is 0 Å². The summed E-state index contributed by atoms with van der Waals surface area (Å²) in [6.45, 7) is 7.92. The first-order chi connectivity index (χ1) is 8.31. The van der Waals surface area contributed by atoms with E-state index in [2.05, 4.69) is 40.7 Å². The number of piperazine rings is 1. The Kier molecular flexibility index (Phi) is 3.04. The number of hydrogen-bond donors (Lipinski definition) is 2. The van der Waals surface area contributed by atoms with Crippen LogP contribution in [-0.4, -0.2) is 37.1 Å². The molecule has 3 nitrogen and oxygen atoms in total. The third-order valence-corrected chi connectivity index (χ3v) is 3.72. The molecule has 2 aliphatic heterocycles. The highest BCUT2D eigenvalue weighted by atomic mass is 15.2. The molecule has 1 aromatic rings. The molecule has 1 saturated heterocycles. The zero-order valence-electron chi connectivity index (χ0n) is 10.5. The van der Waals surface area contributed by atoms with E-state index in [0.29, 0.717) is 6.04 Å². The molecule has 0 bridgehead atoms. The Hall–Kier alpha value is -1.06. The predicted octanol–water partition coefficient (Wildman–Crippen LogP) is 1.45. The minimum absolute atomic E-state index is 0.597. The fourth-order valence-corrected chi connectivity index (χ4v) is 2.81. The van der Waals surface area contributed by atoms with Crippen molar-refractivity contribution in [1.29, 1.82) is 0 Å². The predicted molar refractivity (Wildman–Crippen MR) is 71.4 cm³/mol. The van der Waals surface area contributed by atoms with E-state index < -0.39 is 0 Å². The molecule has 1 aromatic carbocycles. The third-order valence-electron chi connectivity index (χ3n) is 3.72. The van der Waals surface area contributed by atoms with Crippen LogP contribution in [0.3, 0.4) is 0 Å². The summed E-state index contributed by atoms with van der Waals surface area (Å²) >= 11 is 0. The minimum atomic E-state index is 0.597. The highest BCUT2D eigenvalue weighted by molar-refractivity contribution is 5.58. The van der Waals surface area contributed by atoms with Crippen LogP contribution in [0.5, 0.6) is 0 Å². The van der Waals surface area contributed by atoms with Gasteiger partial charge in [-0.1, -0.05) is 12.1 Å². The zero-order chi connectivity index (χ0) is 11.7. The molecular formula is C14H21N3. The minimum Gasteiger partial charge on any atom is -0.382 e. The molecule has 0 radical (unpaired) electrons. The Balaban J connectivity index is 1.69. The lowest BCUT2D eigenvalue weighted by molar-refractivity contribution is 0.233. The lowest BCUT2D eigenvalue weighted by atomic mass is 10.1. The van der Waals surface area contributed by atoms with E-state index in [4.69, 9.17) is 0 Å². The quantitative estimate of drug-likeness (QED) is 0.806. The first kappa shape index (κ1) is 11.1. The van der Waals surface area contributed by atoms with Crippen molar-refractivity contribution in [2.75, 3.05) is 31.5 Å². The van der Waals surface area contributed by atoms with Crippen LogP contribution >= 0.6 is 0 Å². The van der Waals surface area contributed by atoms with Gasteiger partial charge in [0, 0.05) is 44.5 Å². The molecule has 3 heteroatoms. The van der Waals surface area contributed by atoms with Gasteiger partial charge in [-0.05, 0) is 30.5 Å². The monoisotopic (exact) mass is 231 g/mol. The van der Waals surface area contributed by atoms with Gasteiger partial charge >= 0.3 is 0 Å². The number of nitrogens with one attached hydrogen (secondary N) is 2. The van der Waals surface area contributed by atoms with E-state index in [-0.39, 0.29) is 0 Å². The highest BCUT2D eigenvalue weighted by Crippen LogP contribution is 2.27. The summed E-state index contributed by atoms with van der Waals surface area (Å²) in [6, 6.07) is 7.52. The van der Waals surface area contributed by atoms with Crippen LogP contribution in [0.2, 0.25) is 0 Å². The molecule has 0 aromatic heterocycles. The molecule has 1 unspecified atom stereocenters. The van der Waals surface area contributed by atoms with Gasteiger partial charge in [0.15, 0.2) is 0 Å². The van der Waals surface area contributed by atoms with Crippen molar-refractivity contribution >= 4 is 5.69 Å². The average molecular weight is 231 g/mol. The van der Waals surface area contributed by atoms with Crippen molar-refractivity contribution in [1.82, 2.24) is 10.2 Å². The van der Waals surface area contributed by atoms with Crippen LogP contribution in [0.1, 0.15) is 18.1 Å². The van der Waals surface area contributed by atoms with E-state index in [1.165, 1.54) is 36.3 Å². The van der Waals surface area contributed by atoms with Crippen LogP contribution in [0, 0.1) is 0 Å². The molecule has 0 aliphatic carbocycles. The van der Waals surface area contributed by atoms with Crippen LogP contribution in [0.25, 0.3) is 0 Å². The van der Waals surface area contributed by atoms with Crippen molar-refractivity contribution in [2.45, 2.75) is 25.9 Å². The lowest BCUT2D eigenvalue weighted by Crippen LogP contribution is -2.42. The van der Waals surface area contributed by atoms with Gasteiger partial charge in [-0.25, -0.2) is 0 Å². The molecule has 92 valence electrons. The molecule has 1 atom stereocenters. The summed E-state index contributed by atoms with van der Waals surface area (Å²) in [4.78, 5) is 2.52. The van der Waals surface area contributed by atoms with Crippen molar-refractivity contribution < 1.29 is 0 Å². The number of hydrogen-bond acceptors (Lipinski definition) is 3. The molecule has 0 amide bonds. The highest BCUT2D eigenvalue weighted by Gasteiger charge is 2.17. The molecular weight excluding hydrogens is 210 g/mol.